The minimum absolute atomic E-state index is 0.0378. The molecule has 1 aliphatic heterocycles. The van der Waals surface area contributed by atoms with Gasteiger partial charge in [0, 0.05) is 12.6 Å². The Bertz CT molecular complexity index is 863. The quantitative estimate of drug-likeness (QED) is 0.706. The first-order valence-electron chi connectivity index (χ1n) is 8.79. The zero-order valence-corrected chi connectivity index (χ0v) is 17.5. The molecule has 1 saturated carbocycles. The molecule has 1 aromatic carbocycles. The maximum absolute atomic E-state index is 13.3. The van der Waals surface area contributed by atoms with E-state index in [4.69, 9.17) is 23.2 Å². The number of halogens is 3. The van der Waals surface area contributed by atoms with Crippen molar-refractivity contribution >= 4 is 38.9 Å². The van der Waals surface area contributed by atoms with Crippen LogP contribution < -0.4 is 0 Å². The summed E-state index contributed by atoms with van der Waals surface area (Å²) in [6.07, 6.45) is 2.09. The average Bonchev–Trinajstić information content (AvgIpc) is 2.90. The largest absolute Gasteiger partial charge is 0.334 e. The van der Waals surface area contributed by atoms with E-state index in [0.29, 0.717) is 6.42 Å². The Balaban J connectivity index is 1.86. The van der Waals surface area contributed by atoms with Crippen LogP contribution in [0.2, 0.25) is 0 Å². The van der Waals surface area contributed by atoms with Gasteiger partial charge in [0.2, 0.25) is 5.91 Å². The molecule has 1 heterocycles. The minimum Gasteiger partial charge on any atom is -0.334 e. The van der Waals surface area contributed by atoms with Crippen LogP contribution in [0, 0.1) is 23.1 Å². The second kappa shape index (κ2) is 7.37. The van der Waals surface area contributed by atoms with Gasteiger partial charge in [-0.2, -0.15) is 0 Å². The van der Waals surface area contributed by atoms with Crippen molar-refractivity contribution in [3.8, 4) is 0 Å². The van der Waals surface area contributed by atoms with Gasteiger partial charge in [0.25, 0.3) is 0 Å². The summed E-state index contributed by atoms with van der Waals surface area (Å²) in [5.74, 6) is -0.829. The van der Waals surface area contributed by atoms with Crippen LogP contribution in [0.3, 0.4) is 0 Å². The average molecular weight is 434 g/mol. The summed E-state index contributed by atoms with van der Waals surface area (Å²) in [4.78, 5) is 15.0. The van der Waals surface area contributed by atoms with Gasteiger partial charge in [0.1, 0.15) is 10.3 Å². The smallest absolute Gasteiger partial charge is 0.227 e. The number of carbonyl (C=O) groups excluding carboxylic acids is 1. The van der Waals surface area contributed by atoms with Crippen LogP contribution in [0.5, 0.6) is 0 Å². The van der Waals surface area contributed by atoms with E-state index in [1.807, 2.05) is 13.8 Å². The van der Waals surface area contributed by atoms with Gasteiger partial charge in [-0.15, -0.1) is 0 Å². The topological polar surface area (TPSA) is 54.5 Å². The molecule has 0 aromatic heterocycles. The van der Waals surface area contributed by atoms with Gasteiger partial charge >= 0.3 is 0 Å². The summed E-state index contributed by atoms with van der Waals surface area (Å²) in [6.45, 7) is 4.18. The number of benzene rings is 1. The lowest BCUT2D eigenvalue weighted by molar-refractivity contribution is -0.136. The first-order valence-corrected chi connectivity index (χ1v) is 11.4. The molecule has 3 rings (SSSR count). The number of hydrogen-bond donors (Lipinski definition) is 0. The van der Waals surface area contributed by atoms with Crippen molar-refractivity contribution in [3.05, 3.63) is 46.2 Å². The van der Waals surface area contributed by atoms with Gasteiger partial charge < -0.3 is 4.90 Å². The third-order valence-corrected chi connectivity index (χ3v) is 7.68. The van der Waals surface area contributed by atoms with E-state index in [1.54, 1.807) is 23.1 Å². The molecule has 1 saturated heterocycles. The van der Waals surface area contributed by atoms with Crippen molar-refractivity contribution in [1.82, 2.24) is 4.90 Å². The lowest BCUT2D eigenvalue weighted by Gasteiger charge is -2.29. The number of rotatable bonds is 5. The van der Waals surface area contributed by atoms with E-state index >= 15 is 0 Å². The van der Waals surface area contributed by atoms with Crippen LogP contribution in [0.25, 0.3) is 0 Å². The standard InChI is InChI=1S/C19H22Cl2FNO3S/c1-19(2)15(9-16(20)21)17(19)18(24)23(14-7-8-27(25,26)11-14)10-12-3-5-13(22)6-4-12/h3-6,9,14-15,17H,7-8,10-11H2,1-2H3/t14-,15+,17+/m0/s1. The van der Waals surface area contributed by atoms with Gasteiger partial charge in [-0.1, -0.05) is 49.2 Å². The van der Waals surface area contributed by atoms with Crippen molar-refractivity contribution in [2.45, 2.75) is 32.9 Å². The molecule has 0 unspecified atom stereocenters. The van der Waals surface area contributed by atoms with Crippen LogP contribution in [-0.4, -0.2) is 36.8 Å². The van der Waals surface area contributed by atoms with Gasteiger partial charge in [-0.25, -0.2) is 12.8 Å². The Morgan fingerprint density at radius 3 is 2.44 bits per heavy atom. The van der Waals surface area contributed by atoms with Gasteiger partial charge in [0.15, 0.2) is 9.84 Å². The molecule has 2 fully saturated rings. The lowest BCUT2D eigenvalue weighted by Crippen LogP contribution is -2.42. The predicted molar refractivity (Wildman–Crippen MR) is 105 cm³/mol. The molecule has 0 radical (unpaired) electrons. The Labute approximate surface area is 169 Å². The highest BCUT2D eigenvalue weighted by Crippen LogP contribution is 2.60. The third-order valence-electron chi connectivity index (χ3n) is 5.68. The van der Waals surface area contributed by atoms with E-state index in [2.05, 4.69) is 0 Å². The first-order chi connectivity index (χ1) is 12.5. The van der Waals surface area contributed by atoms with Crippen molar-refractivity contribution in [2.75, 3.05) is 11.5 Å². The van der Waals surface area contributed by atoms with Crippen molar-refractivity contribution in [2.24, 2.45) is 17.3 Å². The van der Waals surface area contributed by atoms with E-state index < -0.39 is 9.84 Å². The number of sulfone groups is 1. The first kappa shape index (κ1) is 20.6. The van der Waals surface area contributed by atoms with Crippen LogP contribution in [0.4, 0.5) is 4.39 Å². The van der Waals surface area contributed by atoms with Crippen LogP contribution in [0.1, 0.15) is 25.8 Å². The molecule has 27 heavy (non-hydrogen) atoms. The molecule has 1 aromatic rings. The van der Waals surface area contributed by atoms with Crippen molar-refractivity contribution in [3.63, 3.8) is 0 Å². The molecule has 3 atom stereocenters. The minimum atomic E-state index is -3.15. The third kappa shape index (κ3) is 4.49. The predicted octanol–water partition coefficient (Wildman–Crippen LogP) is 3.93. The number of hydrogen-bond acceptors (Lipinski definition) is 3. The van der Waals surface area contributed by atoms with E-state index in [9.17, 15) is 17.6 Å². The fourth-order valence-electron chi connectivity index (χ4n) is 3.97. The SMILES string of the molecule is CC1(C)[C@H](C=C(Cl)Cl)[C@@H]1C(=O)N(Cc1ccc(F)cc1)[C@H]1CCS(=O)(=O)C1. The zero-order valence-electron chi connectivity index (χ0n) is 15.2. The lowest BCUT2D eigenvalue weighted by atomic mass is 10.1. The summed E-state index contributed by atoms with van der Waals surface area (Å²) in [6, 6.07) is 5.53. The maximum atomic E-state index is 13.3. The highest BCUT2D eigenvalue weighted by atomic mass is 35.5. The van der Waals surface area contributed by atoms with Crippen LogP contribution >= 0.6 is 23.2 Å². The van der Waals surface area contributed by atoms with E-state index in [1.165, 1.54) is 12.1 Å². The Morgan fingerprint density at radius 2 is 1.93 bits per heavy atom. The molecule has 0 N–H and O–H groups in total. The van der Waals surface area contributed by atoms with Gasteiger partial charge in [-0.3, -0.25) is 4.79 Å². The summed E-state index contributed by atoms with van der Waals surface area (Å²) in [5.41, 5.74) is 0.458. The molecular formula is C19H22Cl2FNO3S. The molecule has 1 aliphatic carbocycles. The highest BCUT2D eigenvalue weighted by Gasteiger charge is 2.62. The van der Waals surface area contributed by atoms with Crippen LogP contribution in [-0.2, 0) is 21.2 Å². The summed E-state index contributed by atoms with van der Waals surface area (Å²) in [5, 5.41) is 0. The zero-order chi connectivity index (χ0) is 20.0. The molecule has 148 valence electrons. The molecular weight excluding hydrogens is 412 g/mol. The Kier molecular flexibility index (Phi) is 5.63. The Hall–Kier alpha value is -1.11. The maximum Gasteiger partial charge on any atom is 0.227 e. The number of carbonyl (C=O) groups is 1. The Morgan fingerprint density at radius 1 is 1.30 bits per heavy atom. The van der Waals surface area contributed by atoms with Crippen molar-refractivity contribution < 1.29 is 17.6 Å². The fourth-order valence-corrected chi connectivity index (χ4v) is 5.97. The number of amides is 1. The molecule has 0 bridgehead atoms. The molecule has 4 nitrogen and oxygen atoms in total. The monoisotopic (exact) mass is 433 g/mol. The van der Waals surface area contributed by atoms with Crippen LogP contribution in [0.15, 0.2) is 34.8 Å². The highest BCUT2D eigenvalue weighted by molar-refractivity contribution is 7.91. The molecule has 2 aliphatic rings. The molecule has 0 spiro atoms. The summed E-state index contributed by atoms with van der Waals surface area (Å²) >= 11 is 11.6. The number of allylic oxidation sites excluding steroid dienone is 1. The normalized spacial score (nSPS) is 27.8. The summed E-state index contributed by atoms with van der Waals surface area (Å²) < 4.78 is 37.2. The van der Waals surface area contributed by atoms with Gasteiger partial charge in [-0.05, 0) is 41.5 Å². The second-order valence-corrected chi connectivity index (χ2v) is 11.2. The van der Waals surface area contributed by atoms with E-state index in [0.717, 1.165) is 5.56 Å². The van der Waals surface area contributed by atoms with Crippen molar-refractivity contribution in [1.29, 1.82) is 0 Å². The fraction of sp³-hybridized carbons (Fsp3) is 0.526. The van der Waals surface area contributed by atoms with Gasteiger partial charge in [0.05, 0.1) is 17.4 Å². The summed E-state index contributed by atoms with van der Waals surface area (Å²) in [7, 11) is -3.15. The molecule has 1 amide bonds. The number of nitrogens with zero attached hydrogens (tertiary/aromatic N) is 1. The second-order valence-electron chi connectivity index (χ2n) is 7.93. The van der Waals surface area contributed by atoms with E-state index in [-0.39, 0.29) is 57.6 Å². The molecule has 8 heteroatoms.